The number of sulfonamides is 1. The van der Waals surface area contributed by atoms with Crippen molar-refractivity contribution in [3.8, 4) is 0 Å². The molecule has 0 heterocycles. The molecule has 1 saturated carbocycles. The molecular formula is C19H19BrClFN2O4S. The minimum absolute atomic E-state index is 0.0186. The predicted octanol–water partition coefficient (Wildman–Crippen LogP) is 4.08. The smallest absolute Gasteiger partial charge is 0.255 e. The molecule has 2 unspecified atom stereocenters. The van der Waals surface area contributed by atoms with Crippen LogP contribution in [0.25, 0.3) is 0 Å². The highest BCUT2D eigenvalue weighted by Gasteiger charge is 2.27. The average Bonchev–Trinajstić information content (AvgIpc) is 2.64. The number of hydrogen-bond acceptors (Lipinski definition) is 4. The van der Waals surface area contributed by atoms with Crippen molar-refractivity contribution in [2.75, 3.05) is 5.32 Å². The molecule has 0 bridgehead atoms. The van der Waals surface area contributed by atoms with Gasteiger partial charge in [-0.1, -0.05) is 11.6 Å². The molecule has 1 aliphatic carbocycles. The molecule has 0 spiro atoms. The molecule has 0 aromatic heterocycles. The van der Waals surface area contributed by atoms with E-state index >= 15 is 0 Å². The van der Waals surface area contributed by atoms with Gasteiger partial charge >= 0.3 is 0 Å². The zero-order valence-corrected chi connectivity index (χ0v) is 18.3. The molecule has 1 amide bonds. The van der Waals surface area contributed by atoms with Gasteiger partial charge in [-0.25, -0.2) is 17.5 Å². The first-order valence-corrected chi connectivity index (χ1v) is 11.6. The molecule has 2 aromatic carbocycles. The number of benzene rings is 2. The zero-order chi connectivity index (χ0) is 21.2. The fourth-order valence-electron chi connectivity index (χ4n) is 3.18. The zero-order valence-electron chi connectivity index (χ0n) is 15.2. The Morgan fingerprint density at radius 1 is 1.21 bits per heavy atom. The molecule has 0 radical (unpaired) electrons. The van der Waals surface area contributed by atoms with Crippen LogP contribution in [0.1, 0.15) is 36.0 Å². The van der Waals surface area contributed by atoms with Crippen molar-refractivity contribution >= 4 is 49.1 Å². The SMILES string of the molecule is O=C(Nc1ccc(F)c(Br)c1)c1ccc(Cl)c(S(=O)(=O)NC2CCCC(O)C2)c1. The molecule has 3 rings (SSSR count). The van der Waals surface area contributed by atoms with E-state index in [1.54, 1.807) is 0 Å². The Bertz CT molecular complexity index is 1030. The van der Waals surface area contributed by atoms with Gasteiger partial charge in [-0.05, 0) is 78.0 Å². The van der Waals surface area contributed by atoms with E-state index in [-0.39, 0.29) is 20.0 Å². The fraction of sp³-hybridized carbons (Fsp3) is 0.316. The minimum Gasteiger partial charge on any atom is -0.393 e. The summed E-state index contributed by atoms with van der Waals surface area (Å²) in [4.78, 5) is 12.3. The second kappa shape index (κ2) is 9.09. The molecule has 6 nitrogen and oxygen atoms in total. The number of aliphatic hydroxyl groups is 1. The first-order valence-electron chi connectivity index (χ1n) is 8.92. The van der Waals surface area contributed by atoms with Crippen molar-refractivity contribution in [2.24, 2.45) is 0 Å². The van der Waals surface area contributed by atoms with E-state index in [9.17, 15) is 22.7 Å². The van der Waals surface area contributed by atoms with Crippen LogP contribution in [0.5, 0.6) is 0 Å². The minimum atomic E-state index is -3.99. The number of nitrogens with one attached hydrogen (secondary N) is 2. The van der Waals surface area contributed by atoms with Gasteiger partial charge in [-0.2, -0.15) is 0 Å². The highest BCUT2D eigenvalue weighted by molar-refractivity contribution is 9.10. The summed E-state index contributed by atoms with van der Waals surface area (Å²) >= 11 is 9.12. The first kappa shape index (κ1) is 22.2. The van der Waals surface area contributed by atoms with Gasteiger partial charge in [0.25, 0.3) is 5.91 Å². The lowest BCUT2D eigenvalue weighted by molar-refractivity contribution is 0.102. The van der Waals surface area contributed by atoms with Crippen molar-refractivity contribution < 1.29 is 22.7 Å². The summed E-state index contributed by atoms with van der Waals surface area (Å²) in [6.07, 6.45) is 1.77. The van der Waals surface area contributed by atoms with Crippen molar-refractivity contribution in [1.82, 2.24) is 4.72 Å². The number of carbonyl (C=O) groups excluding carboxylic acids is 1. The summed E-state index contributed by atoms with van der Waals surface area (Å²) in [5.41, 5.74) is 0.427. The number of hydrogen-bond donors (Lipinski definition) is 3. The third-order valence-corrected chi connectivity index (χ3v) is 7.24. The average molecular weight is 506 g/mol. The molecule has 1 aliphatic rings. The number of rotatable bonds is 5. The van der Waals surface area contributed by atoms with E-state index in [0.717, 1.165) is 6.42 Å². The number of amides is 1. The van der Waals surface area contributed by atoms with E-state index in [0.29, 0.717) is 24.9 Å². The number of aliphatic hydroxyl groups excluding tert-OH is 1. The fourth-order valence-corrected chi connectivity index (χ4v) is 5.37. The maximum atomic E-state index is 13.3. The van der Waals surface area contributed by atoms with Gasteiger partial charge in [-0.15, -0.1) is 0 Å². The van der Waals surface area contributed by atoms with Gasteiger partial charge in [-0.3, -0.25) is 4.79 Å². The highest BCUT2D eigenvalue weighted by Crippen LogP contribution is 2.26. The van der Waals surface area contributed by atoms with Gasteiger partial charge in [0.05, 0.1) is 15.6 Å². The van der Waals surface area contributed by atoms with Gasteiger partial charge in [0.1, 0.15) is 10.7 Å². The first-order chi connectivity index (χ1) is 13.7. The Morgan fingerprint density at radius 2 is 1.97 bits per heavy atom. The largest absolute Gasteiger partial charge is 0.393 e. The summed E-state index contributed by atoms with van der Waals surface area (Å²) in [7, 11) is -3.99. The molecule has 29 heavy (non-hydrogen) atoms. The van der Waals surface area contributed by atoms with Crippen LogP contribution in [-0.2, 0) is 10.0 Å². The van der Waals surface area contributed by atoms with Crippen LogP contribution < -0.4 is 10.0 Å². The summed E-state index contributed by atoms with van der Waals surface area (Å²) in [6.45, 7) is 0. The van der Waals surface area contributed by atoms with Crippen LogP contribution >= 0.6 is 27.5 Å². The molecule has 3 N–H and O–H groups in total. The summed E-state index contributed by atoms with van der Waals surface area (Å²) in [5.74, 6) is -1.04. The number of carbonyl (C=O) groups is 1. The standard InChI is InChI=1S/C19H19BrClFN2O4S/c20-15-10-12(5-7-17(15)22)23-19(26)11-4-6-16(21)18(8-11)29(27,28)24-13-2-1-3-14(25)9-13/h4-8,10,13-14,24-25H,1-3,9H2,(H,23,26). The third-order valence-electron chi connectivity index (χ3n) is 4.63. The van der Waals surface area contributed by atoms with E-state index in [1.165, 1.54) is 36.4 Å². The van der Waals surface area contributed by atoms with Crippen LogP contribution in [0.2, 0.25) is 5.02 Å². The number of halogens is 3. The second-order valence-electron chi connectivity index (χ2n) is 6.87. The summed E-state index contributed by atoms with van der Waals surface area (Å²) in [6, 6.07) is 7.52. The molecule has 0 aliphatic heterocycles. The Balaban J connectivity index is 1.81. The van der Waals surface area contributed by atoms with Crippen LogP contribution in [0.3, 0.4) is 0 Å². The van der Waals surface area contributed by atoms with Crippen molar-refractivity contribution in [3.05, 3.63) is 57.3 Å². The molecule has 10 heteroatoms. The lowest BCUT2D eigenvalue weighted by atomic mass is 9.94. The molecule has 2 atom stereocenters. The maximum absolute atomic E-state index is 13.3. The predicted molar refractivity (Wildman–Crippen MR) is 112 cm³/mol. The second-order valence-corrected chi connectivity index (χ2v) is 9.81. The number of anilines is 1. The van der Waals surface area contributed by atoms with E-state index in [4.69, 9.17) is 11.6 Å². The Morgan fingerprint density at radius 3 is 2.66 bits per heavy atom. The normalized spacial score (nSPS) is 19.7. The van der Waals surface area contributed by atoms with Crippen LogP contribution in [-0.4, -0.2) is 31.6 Å². The topological polar surface area (TPSA) is 95.5 Å². The molecule has 1 fully saturated rings. The Hall–Kier alpha value is -1.52. The van der Waals surface area contributed by atoms with Crippen LogP contribution in [0.4, 0.5) is 10.1 Å². The Labute approximate surface area is 181 Å². The van der Waals surface area contributed by atoms with Gasteiger partial charge in [0.2, 0.25) is 10.0 Å². The van der Waals surface area contributed by atoms with Crippen molar-refractivity contribution in [2.45, 2.75) is 42.7 Å². The van der Waals surface area contributed by atoms with Gasteiger partial charge in [0, 0.05) is 17.3 Å². The van der Waals surface area contributed by atoms with E-state index in [2.05, 4.69) is 26.0 Å². The van der Waals surface area contributed by atoms with E-state index < -0.39 is 33.9 Å². The van der Waals surface area contributed by atoms with Crippen LogP contribution in [0.15, 0.2) is 45.8 Å². The highest BCUT2D eigenvalue weighted by atomic mass is 79.9. The molecule has 156 valence electrons. The van der Waals surface area contributed by atoms with Crippen molar-refractivity contribution in [3.63, 3.8) is 0 Å². The van der Waals surface area contributed by atoms with Crippen molar-refractivity contribution in [1.29, 1.82) is 0 Å². The molecular weight excluding hydrogens is 487 g/mol. The monoisotopic (exact) mass is 504 g/mol. The molecule has 0 saturated heterocycles. The lowest BCUT2D eigenvalue weighted by Crippen LogP contribution is -2.39. The van der Waals surface area contributed by atoms with Gasteiger partial charge in [0.15, 0.2) is 0 Å². The lowest BCUT2D eigenvalue weighted by Gasteiger charge is -2.26. The quantitative estimate of drug-likeness (QED) is 0.571. The molecule has 2 aromatic rings. The Kier molecular flexibility index (Phi) is 6.95. The third kappa shape index (κ3) is 5.55. The van der Waals surface area contributed by atoms with E-state index in [1.807, 2.05) is 0 Å². The summed E-state index contributed by atoms with van der Waals surface area (Å²) < 4.78 is 41.7. The maximum Gasteiger partial charge on any atom is 0.255 e. The van der Waals surface area contributed by atoms with Gasteiger partial charge < -0.3 is 10.4 Å². The van der Waals surface area contributed by atoms with Crippen LogP contribution in [0, 0.1) is 5.82 Å². The summed E-state index contributed by atoms with van der Waals surface area (Å²) in [5, 5.41) is 12.3.